The molecule has 0 N–H and O–H groups in total. The summed E-state index contributed by atoms with van der Waals surface area (Å²) < 4.78 is 37.2. The third kappa shape index (κ3) is 4.35. The number of likely N-dealkylation sites (N-methyl/N-ethyl adjacent to an activating group) is 2. The zero-order valence-electron chi connectivity index (χ0n) is 10.6. The average molecular weight is 249 g/mol. The fourth-order valence-electron chi connectivity index (χ4n) is 2.39. The molecule has 0 aliphatic carbocycles. The standard InChI is InChI=1S/C11H21BF3N2/c1-4-17-7-5-6-11(17)9-16(3)8-10(2)12(13,14)15/h11H,2,4-9H2,1,3H3/q-1. The highest BCUT2D eigenvalue weighted by atomic mass is 19.4. The first-order valence-corrected chi connectivity index (χ1v) is 6.14. The fraction of sp³-hybridized carbons (Fsp3) is 0.818. The Kier molecular flexibility index (Phi) is 5.07. The summed E-state index contributed by atoms with van der Waals surface area (Å²) in [4.78, 5) is 4.06. The van der Waals surface area contributed by atoms with Crippen LogP contribution in [0.4, 0.5) is 12.9 Å². The summed E-state index contributed by atoms with van der Waals surface area (Å²) in [5.74, 6) is 0. The SMILES string of the molecule is C=C(CN(C)CC1CCCN1CC)[B-](F)(F)F. The molecule has 0 aromatic heterocycles. The van der Waals surface area contributed by atoms with Crippen molar-refractivity contribution in [2.45, 2.75) is 25.8 Å². The van der Waals surface area contributed by atoms with Gasteiger partial charge in [-0.2, -0.15) is 0 Å². The molecule has 0 aromatic carbocycles. The van der Waals surface area contributed by atoms with Crippen LogP contribution in [-0.4, -0.2) is 56.0 Å². The van der Waals surface area contributed by atoms with Gasteiger partial charge in [0.15, 0.2) is 0 Å². The van der Waals surface area contributed by atoms with Crippen molar-refractivity contribution in [1.29, 1.82) is 0 Å². The monoisotopic (exact) mass is 249 g/mol. The molecule has 0 spiro atoms. The van der Waals surface area contributed by atoms with Crippen molar-refractivity contribution < 1.29 is 12.9 Å². The molecule has 1 saturated heterocycles. The molecule has 0 bridgehead atoms. The van der Waals surface area contributed by atoms with Crippen molar-refractivity contribution in [3.05, 3.63) is 12.1 Å². The quantitative estimate of drug-likeness (QED) is 0.666. The van der Waals surface area contributed by atoms with Gasteiger partial charge in [-0.1, -0.05) is 6.92 Å². The second-order valence-corrected chi connectivity index (χ2v) is 4.85. The molecule has 0 saturated carbocycles. The van der Waals surface area contributed by atoms with E-state index in [9.17, 15) is 12.9 Å². The van der Waals surface area contributed by atoms with E-state index < -0.39 is 12.4 Å². The van der Waals surface area contributed by atoms with E-state index in [1.807, 2.05) is 0 Å². The Morgan fingerprint density at radius 2 is 2.12 bits per heavy atom. The number of nitrogens with zero attached hydrogens (tertiary/aromatic N) is 2. The van der Waals surface area contributed by atoms with Crippen LogP contribution in [0.3, 0.4) is 0 Å². The van der Waals surface area contributed by atoms with Gasteiger partial charge in [0.2, 0.25) is 0 Å². The Morgan fingerprint density at radius 1 is 1.47 bits per heavy atom. The van der Waals surface area contributed by atoms with Crippen LogP contribution in [0.15, 0.2) is 12.1 Å². The molecule has 0 radical (unpaired) electrons. The van der Waals surface area contributed by atoms with E-state index in [-0.39, 0.29) is 6.54 Å². The van der Waals surface area contributed by atoms with Gasteiger partial charge in [0.1, 0.15) is 0 Å². The van der Waals surface area contributed by atoms with E-state index in [0.717, 1.165) is 25.9 Å². The largest absolute Gasteiger partial charge is 0.506 e. The Hall–Kier alpha value is -0.485. The van der Waals surface area contributed by atoms with Gasteiger partial charge >= 0.3 is 6.98 Å². The highest BCUT2D eigenvalue weighted by molar-refractivity contribution is 6.66. The van der Waals surface area contributed by atoms with E-state index in [1.54, 1.807) is 11.9 Å². The molecule has 1 fully saturated rings. The summed E-state index contributed by atoms with van der Waals surface area (Å²) in [6.07, 6.45) is 2.23. The summed E-state index contributed by atoms with van der Waals surface area (Å²) in [6.45, 7) is 2.99. The maximum absolute atomic E-state index is 12.4. The molecular weight excluding hydrogens is 228 g/mol. The predicted octanol–water partition coefficient (Wildman–Crippen LogP) is 2.35. The third-order valence-corrected chi connectivity index (χ3v) is 3.36. The third-order valence-electron chi connectivity index (χ3n) is 3.36. The second kappa shape index (κ2) is 5.91. The summed E-state index contributed by atoms with van der Waals surface area (Å²) in [5, 5.41) is 0. The minimum atomic E-state index is -4.89. The number of hydrogen-bond acceptors (Lipinski definition) is 2. The molecule has 6 heteroatoms. The fourth-order valence-corrected chi connectivity index (χ4v) is 2.39. The van der Waals surface area contributed by atoms with Gasteiger partial charge in [-0.25, -0.2) is 0 Å². The van der Waals surface area contributed by atoms with Crippen molar-refractivity contribution in [2.75, 3.05) is 33.2 Å². The van der Waals surface area contributed by atoms with E-state index in [2.05, 4.69) is 18.4 Å². The lowest BCUT2D eigenvalue weighted by molar-refractivity contribution is 0.206. The summed E-state index contributed by atoms with van der Waals surface area (Å²) in [6, 6.07) is 0.401. The van der Waals surface area contributed by atoms with Gasteiger partial charge in [-0.15, -0.1) is 12.1 Å². The first-order valence-electron chi connectivity index (χ1n) is 6.14. The van der Waals surface area contributed by atoms with Crippen molar-refractivity contribution in [1.82, 2.24) is 9.80 Å². The van der Waals surface area contributed by atoms with Gasteiger partial charge in [0.05, 0.1) is 0 Å². The number of likely N-dealkylation sites (tertiary alicyclic amines) is 1. The van der Waals surface area contributed by atoms with Gasteiger partial charge in [0, 0.05) is 12.6 Å². The molecule has 1 aliphatic heterocycles. The van der Waals surface area contributed by atoms with Crippen LogP contribution in [0, 0.1) is 0 Å². The maximum Gasteiger partial charge on any atom is 0.506 e. The van der Waals surface area contributed by atoms with Crippen molar-refractivity contribution in [3.63, 3.8) is 0 Å². The first-order chi connectivity index (χ1) is 7.84. The lowest BCUT2D eigenvalue weighted by atomic mass is 9.80. The molecule has 0 amide bonds. The van der Waals surface area contributed by atoms with Gasteiger partial charge < -0.3 is 17.8 Å². The van der Waals surface area contributed by atoms with Crippen LogP contribution in [0.2, 0.25) is 0 Å². The second-order valence-electron chi connectivity index (χ2n) is 4.85. The Morgan fingerprint density at radius 3 is 2.65 bits per heavy atom. The first kappa shape index (κ1) is 14.6. The summed E-state index contributed by atoms with van der Waals surface area (Å²) >= 11 is 0. The van der Waals surface area contributed by atoms with E-state index in [0.29, 0.717) is 12.6 Å². The zero-order valence-corrected chi connectivity index (χ0v) is 10.6. The van der Waals surface area contributed by atoms with Crippen LogP contribution in [0.5, 0.6) is 0 Å². The Balaban J connectivity index is 2.39. The number of hydrogen-bond donors (Lipinski definition) is 0. The molecule has 100 valence electrons. The normalized spacial score (nSPS) is 22.4. The van der Waals surface area contributed by atoms with Crippen LogP contribution < -0.4 is 0 Å². The molecule has 1 unspecified atom stereocenters. The van der Waals surface area contributed by atoms with Gasteiger partial charge in [0.25, 0.3) is 0 Å². The molecule has 1 rings (SSSR count). The lowest BCUT2D eigenvalue weighted by Gasteiger charge is -2.30. The molecule has 0 aromatic rings. The highest BCUT2D eigenvalue weighted by Gasteiger charge is 2.29. The summed E-state index contributed by atoms with van der Waals surface area (Å²) in [7, 11) is 1.74. The van der Waals surface area contributed by atoms with Gasteiger partial charge in [-0.05, 0) is 39.5 Å². The minimum Gasteiger partial charge on any atom is -0.445 e. The number of rotatable bonds is 6. The smallest absolute Gasteiger partial charge is 0.445 e. The topological polar surface area (TPSA) is 6.48 Å². The van der Waals surface area contributed by atoms with Crippen LogP contribution in [0.25, 0.3) is 0 Å². The van der Waals surface area contributed by atoms with Crippen LogP contribution in [0.1, 0.15) is 19.8 Å². The Labute approximate surface area is 102 Å². The van der Waals surface area contributed by atoms with Crippen molar-refractivity contribution in [2.24, 2.45) is 0 Å². The van der Waals surface area contributed by atoms with Gasteiger partial charge in [-0.3, -0.25) is 4.90 Å². The predicted molar refractivity (Wildman–Crippen MR) is 66.0 cm³/mol. The minimum absolute atomic E-state index is 0.0719. The van der Waals surface area contributed by atoms with Crippen molar-refractivity contribution in [3.8, 4) is 0 Å². The molecule has 17 heavy (non-hydrogen) atoms. The lowest BCUT2D eigenvalue weighted by Crippen LogP contribution is -2.40. The van der Waals surface area contributed by atoms with Crippen LogP contribution in [-0.2, 0) is 0 Å². The molecule has 2 nitrogen and oxygen atoms in total. The average Bonchev–Trinajstić information content (AvgIpc) is 2.63. The molecule has 1 aliphatic rings. The zero-order chi connectivity index (χ0) is 13.1. The molecular formula is C11H21BF3N2-. The van der Waals surface area contributed by atoms with E-state index in [4.69, 9.17) is 0 Å². The van der Waals surface area contributed by atoms with Crippen LogP contribution >= 0.6 is 0 Å². The van der Waals surface area contributed by atoms with E-state index in [1.165, 1.54) is 0 Å². The number of halogens is 3. The highest BCUT2D eigenvalue weighted by Crippen LogP contribution is 2.21. The maximum atomic E-state index is 12.4. The molecule has 1 atom stereocenters. The molecule has 1 heterocycles. The van der Waals surface area contributed by atoms with E-state index >= 15 is 0 Å². The Bertz CT molecular complexity index is 268. The summed E-state index contributed by atoms with van der Waals surface area (Å²) in [5.41, 5.74) is -0.603. The van der Waals surface area contributed by atoms with Crippen molar-refractivity contribution >= 4 is 6.98 Å².